The van der Waals surface area contributed by atoms with Crippen molar-refractivity contribution in [3.63, 3.8) is 0 Å². The van der Waals surface area contributed by atoms with Crippen molar-refractivity contribution in [3.05, 3.63) is 71.4 Å². The number of carbonyl (C=O) groups is 2. The predicted octanol–water partition coefficient (Wildman–Crippen LogP) is 3.20. The normalized spacial score (nSPS) is 26.4. The molecule has 0 bridgehead atoms. The number of allylic oxidation sites excluding steroid dienone is 1. The molecule has 0 spiro atoms. The van der Waals surface area contributed by atoms with Gasteiger partial charge in [-0.1, -0.05) is 36.4 Å². The van der Waals surface area contributed by atoms with Gasteiger partial charge in [-0.05, 0) is 53.5 Å². The quantitative estimate of drug-likeness (QED) is 0.698. The number of nitrogens with zero attached hydrogens (tertiary/aromatic N) is 3. The predicted molar refractivity (Wildman–Crippen MR) is 134 cm³/mol. The summed E-state index contributed by atoms with van der Waals surface area (Å²) in [5, 5.41) is 2.95. The van der Waals surface area contributed by atoms with Crippen LogP contribution in [0.15, 0.2) is 54.7 Å². The van der Waals surface area contributed by atoms with Gasteiger partial charge in [-0.25, -0.2) is 4.98 Å². The zero-order chi connectivity index (χ0) is 23.8. The van der Waals surface area contributed by atoms with Crippen LogP contribution >= 0.6 is 0 Å². The first-order valence-electron chi connectivity index (χ1n) is 12.5. The van der Waals surface area contributed by atoms with Crippen LogP contribution < -0.4 is 5.32 Å². The van der Waals surface area contributed by atoms with Gasteiger partial charge in [0.2, 0.25) is 11.8 Å². The molecule has 4 heterocycles. The minimum atomic E-state index is -0.293. The summed E-state index contributed by atoms with van der Waals surface area (Å²) < 4.78 is 5.60. The molecule has 180 valence electrons. The molecule has 6 rings (SSSR count). The number of hydrogen-bond donors (Lipinski definition) is 1. The van der Waals surface area contributed by atoms with Crippen LogP contribution in [-0.4, -0.2) is 65.5 Å². The van der Waals surface area contributed by atoms with Crippen molar-refractivity contribution in [1.29, 1.82) is 0 Å². The molecule has 1 aromatic heterocycles. The van der Waals surface area contributed by atoms with E-state index in [0.717, 1.165) is 43.6 Å². The fourth-order valence-electron chi connectivity index (χ4n) is 5.76. The molecule has 7 nitrogen and oxygen atoms in total. The number of carbonyl (C=O) groups excluding carboxylic acids is 2. The van der Waals surface area contributed by atoms with Gasteiger partial charge in [0.05, 0.1) is 6.61 Å². The molecule has 1 aliphatic carbocycles. The highest BCUT2D eigenvalue weighted by Gasteiger charge is 2.38. The molecule has 3 unspecified atom stereocenters. The molecule has 0 radical (unpaired) electrons. The number of pyridine rings is 1. The molecule has 2 saturated heterocycles. The van der Waals surface area contributed by atoms with Crippen molar-refractivity contribution < 1.29 is 14.3 Å². The van der Waals surface area contributed by atoms with Crippen LogP contribution in [0.1, 0.15) is 29.5 Å². The summed E-state index contributed by atoms with van der Waals surface area (Å²) >= 11 is 0. The Labute approximate surface area is 205 Å². The van der Waals surface area contributed by atoms with E-state index in [1.807, 2.05) is 23.1 Å². The van der Waals surface area contributed by atoms with Crippen LogP contribution in [0.25, 0.3) is 11.6 Å². The summed E-state index contributed by atoms with van der Waals surface area (Å²) in [4.78, 5) is 34.2. The minimum absolute atomic E-state index is 0.0436. The van der Waals surface area contributed by atoms with Crippen LogP contribution in [0, 0.1) is 11.8 Å². The summed E-state index contributed by atoms with van der Waals surface area (Å²) in [6.07, 6.45) is 9.51. The van der Waals surface area contributed by atoms with Gasteiger partial charge in [-0.15, -0.1) is 0 Å². The smallest absolute Gasteiger partial charge is 0.246 e. The zero-order valence-electron chi connectivity index (χ0n) is 19.7. The number of anilines is 1. The molecular formula is C28H30N4O3. The highest BCUT2D eigenvalue weighted by molar-refractivity contribution is 5.96. The Balaban J connectivity index is 1.12. The number of benzene rings is 1. The summed E-state index contributed by atoms with van der Waals surface area (Å²) in [7, 11) is 0. The van der Waals surface area contributed by atoms with Crippen molar-refractivity contribution in [2.45, 2.75) is 25.4 Å². The van der Waals surface area contributed by atoms with Crippen LogP contribution in [-0.2, 0) is 20.9 Å². The van der Waals surface area contributed by atoms with Crippen LogP contribution in [0.5, 0.6) is 0 Å². The van der Waals surface area contributed by atoms with Gasteiger partial charge in [0.1, 0.15) is 11.9 Å². The molecule has 35 heavy (non-hydrogen) atoms. The van der Waals surface area contributed by atoms with Crippen LogP contribution in [0.3, 0.4) is 0 Å². The van der Waals surface area contributed by atoms with E-state index in [1.165, 1.54) is 11.1 Å². The summed E-state index contributed by atoms with van der Waals surface area (Å²) in [6, 6.07) is 12.3. The monoisotopic (exact) mass is 470 g/mol. The summed E-state index contributed by atoms with van der Waals surface area (Å²) in [5.41, 5.74) is 4.53. The number of ether oxygens (including phenoxy) is 1. The second-order valence-electron chi connectivity index (χ2n) is 9.94. The van der Waals surface area contributed by atoms with Gasteiger partial charge in [0.25, 0.3) is 0 Å². The van der Waals surface area contributed by atoms with E-state index >= 15 is 0 Å². The molecule has 0 saturated carbocycles. The number of hydrogen-bond acceptors (Lipinski definition) is 5. The van der Waals surface area contributed by atoms with E-state index in [2.05, 4.69) is 45.5 Å². The van der Waals surface area contributed by atoms with E-state index in [0.29, 0.717) is 37.4 Å². The van der Waals surface area contributed by atoms with Crippen molar-refractivity contribution in [2.24, 2.45) is 11.8 Å². The number of likely N-dealkylation sites (tertiary alicyclic amines) is 1. The van der Waals surface area contributed by atoms with Crippen molar-refractivity contribution >= 4 is 29.3 Å². The fraction of sp³-hybridized carbons (Fsp3) is 0.393. The average molecular weight is 471 g/mol. The molecule has 1 N–H and O–H groups in total. The van der Waals surface area contributed by atoms with Gasteiger partial charge >= 0.3 is 0 Å². The van der Waals surface area contributed by atoms with E-state index in [9.17, 15) is 9.59 Å². The third kappa shape index (κ3) is 4.54. The second kappa shape index (κ2) is 9.40. The molecule has 7 heteroatoms. The molecular weight excluding hydrogens is 440 g/mol. The van der Waals surface area contributed by atoms with Crippen molar-refractivity contribution in [3.8, 4) is 0 Å². The first kappa shape index (κ1) is 22.2. The van der Waals surface area contributed by atoms with Gasteiger partial charge in [-0.2, -0.15) is 0 Å². The van der Waals surface area contributed by atoms with Gasteiger partial charge < -0.3 is 15.0 Å². The Hall–Kier alpha value is -3.29. The van der Waals surface area contributed by atoms with Gasteiger partial charge in [0, 0.05) is 50.6 Å². The lowest BCUT2D eigenvalue weighted by Crippen LogP contribution is -2.43. The number of rotatable bonds is 3. The second-order valence-corrected chi connectivity index (χ2v) is 9.94. The highest BCUT2D eigenvalue weighted by atomic mass is 16.5. The van der Waals surface area contributed by atoms with Crippen molar-refractivity contribution in [2.75, 3.05) is 38.2 Å². The Morgan fingerprint density at radius 2 is 2.09 bits per heavy atom. The third-order valence-electron chi connectivity index (χ3n) is 7.62. The maximum absolute atomic E-state index is 12.9. The average Bonchev–Trinajstić information content (AvgIpc) is 3.32. The van der Waals surface area contributed by atoms with Gasteiger partial charge in [0.15, 0.2) is 0 Å². The number of nitrogens with one attached hydrogen (secondary N) is 1. The summed E-state index contributed by atoms with van der Waals surface area (Å²) in [6.45, 7) is 4.10. The van der Waals surface area contributed by atoms with E-state index < -0.39 is 0 Å². The Bertz CT molecular complexity index is 1190. The SMILES string of the molecule is O=C1Nc2ncc(/C=C/C(=O)N3CC4C=C(c5ccccc5)CC4C3)cc2CN2CCCOCC12. The molecule has 2 aromatic rings. The molecule has 2 fully saturated rings. The Kier molecular flexibility index (Phi) is 5.96. The van der Waals surface area contributed by atoms with E-state index in [-0.39, 0.29) is 17.9 Å². The van der Waals surface area contributed by atoms with Gasteiger partial charge in [-0.3, -0.25) is 14.5 Å². The maximum Gasteiger partial charge on any atom is 0.246 e. The first-order valence-corrected chi connectivity index (χ1v) is 12.5. The van der Waals surface area contributed by atoms with E-state index in [1.54, 1.807) is 12.3 Å². The highest BCUT2D eigenvalue weighted by Crippen LogP contribution is 2.41. The number of aromatic nitrogens is 1. The standard InChI is InChI=1S/C28H30N4O3/c33-26(32-15-22-12-21(13-23(22)16-32)20-5-2-1-3-6-20)8-7-19-11-24-17-31-9-4-10-35-18-25(31)28(34)30-27(24)29-14-19/h1-3,5-8,11-12,14,22-23,25H,4,9-10,13,15-18H2,(H,29,30,34)/b8-7+. The number of fused-ring (bicyclic) bond motifs is 3. The molecule has 3 aliphatic heterocycles. The van der Waals surface area contributed by atoms with E-state index in [4.69, 9.17) is 4.74 Å². The lowest BCUT2D eigenvalue weighted by atomic mass is 9.98. The fourth-order valence-corrected chi connectivity index (χ4v) is 5.76. The third-order valence-corrected chi connectivity index (χ3v) is 7.62. The molecule has 3 atom stereocenters. The lowest BCUT2D eigenvalue weighted by Gasteiger charge is -2.24. The number of amides is 2. The Morgan fingerprint density at radius 3 is 2.94 bits per heavy atom. The van der Waals surface area contributed by atoms with Crippen LogP contribution in [0.4, 0.5) is 5.82 Å². The lowest BCUT2D eigenvalue weighted by molar-refractivity contribution is -0.125. The minimum Gasteiger partial charge on any atom is -0.379 e. The topological polar surface area (TPSA) is 74.8 Å². The Morgan fingerprint density at radius 1 is 1.20 bits per heavy atom. The molecule has 4 aliphatic rings. The summed E-state index contributed by atoms with van der Waals surface area (Å²) in [5.74, 6) is 1.51. The van der Waals surface area contributed by atoms with Crippen molar-refractivity contribution in [1.82, 2.24) is 14.8 Å². The first-order chi connectivity index (χ1) is 17.1. The zero-order valence-corrected chi connectivity index (χ0v) is 19.7. The molecule has 2 amide bonds. The maximum atomic E-state index is 12.9. The molecule has 1 aromatic carbocycles. The largest absolute Gasteiger partial charge is 0.379 e. The van der Waals surface area contributed by atoms with Crippen LogP contribution in [0.2, 0.25) is 0 Å².